The molecule has 3 aromatic rings. The maximum atomic E-state index is 14.7. The number of benzene rings is 2. The van der Waals surface area contributed by atoms with Crippen molar-refractivity contribution in [3.63, 3.8) is 0 Å². The molecule has 1 saturated heterocycles. The highest BCUT2D eigenvalue weighted by molar-refractivity contribution is 5.95. The van der Waals surface area contributed by atoms with Crippen molar-refractivity contribution in [2.24, 2.45) is 5.73 Å². The number of alkyl halides is 1. The molecule has 5 nitrogen and oxygen atoms in total. The SMILES string of the molecule is Cc1cc(-c2ccc(C(=O)N3CC(F)C3)cc2F)ccc1-c1ncc(CN)o1. The van der Waals surface area contributed by atoms with Gasteiger partial charge >= 0.3 is 0 Å². The largest absolute Gasteiger partial charge is 0.440 e. The fourth-order valence-electron chi connectivity index (χ4n) is 3.25. The van der Waals surface area contributed by atoms with E-state index < -0.39 is 12.0 Å². The molecule has 1 aromatic heterocycles. The maximum absolute atomic E-state index is 14.7. The molecule has 1 aliphatic rings. The number of hydrogen-bond acceptors (Lipinski definition) is 4. The topological polar surface area (TPSA) is 72.4 Å². The number of aryl methyl sites for hydroxylation is 1. The summed E-state index contributed by atoms with van der Waals surface area (Å²) in [5.41, 5.74) is 8.50. The Morgan fingerprint density at radius 2 is 2.00 bits per heavy atom. The molecule has 4 rings (SSSR count). The molecule has 0 unspecified atom stereocenters. The number of hydrogen-bond donors (Lipinski definition) is 1. The van der Waals surface area contributed by atoms with Crippen molar-refractivity contribution in [1.29, 1.82) is 0 Å². The summed E-state index contributed by atoms with van der Waals surface area (Å²) in [6.07, 6.45) is 0.598. The number of nitrogens with zero attached hydrogens (tertiary/aromatic N) is 2. The van der Waals surface area contributed by atoms with Gasteiger partial charge in [0.25, 0.3) is 5.91 Å². The van der Waals surface area contributed by atoms with Crippen LogP contribution in [-0.4, -0.2) is 35.1 Å². The molecule has 1 aliphatic heterocycles. The summed E-state index contributed by atoms with van der Waals surface area (Å²) >= 11 is 0. The van der Waals surface area contributed by atoms with Crippen LogP contribution in [0.3, 0.4) is 0 Å². The van der Waals surface area contributed by atoms with Crippen molar-refractivity contribution in [1.82, 2.24) is 9.88 Å². The number of carbonyl (C=O) groups is 1. The Hall–Kier alpha value is -3.06. The number of halogens is 2. The Morgan fingerprint density at radius 1 is 1.25 bits per heavy atom. The Labute approximate surface area is 160 Å². The van der Waals surface area contributed by atoms with E-state index in [0.717, 1.165) is 11.1 Å². The van der Waals surface area contributed by atoms with Gasteiger partial charge in [-0.3, -0.25) is 4.79 Å². The molecule has 7 heteroatoms. The lowest BCUT2D eigenvalue weighted by molar-refractivity contribution is 0.0400. The van der Waals surface area contributed by atoms with E-state index in [1.54, 1.807) is 24.4 Å². The van der Waals surface area contributed by atoms with E-state index in [1.807, 2.05) is 19.1 Å². The highest BCUT2D eigenvalue weighted by atomic mass is 19.1. The van der Waals surface area contributed by atoms with Gasteiger partial charge in [-0.15, -0.1) is 0 Å². The van der Waals surface area contributed by atoms with Gasteiger partial charge in [0.1, 0.15) is 17.7 Å². The number of carbonyl (C=O) groups excluding carboxylic acids is 1. The van der Waals surface area contributed by atoms with E-state index in [0.29, 0.717) is 22.8 Å². The summed E-state index contributed by atoms with van der Waals surface area (Å²) in [5.74, 6) is 0.194. The highest BCUT2D eigenvalue weighted by Crippen LogP contribution is 2.30. The summed E-state index contributed by atoms with van der Waals surface area (Å²) in [4.78, 5) is 17.8. The van der Waals surface area contributed by atoms with Crippen LogP contribution in [0.4, 0.5) is 8.78 Å². The second-order valence-electron chi connectivity index (χ2n) is 6.87. The van der Waals surface area contributed by atoms with Crippen LogP contribution in [0.5, 0.6) is 0 Å². The normalized spacial score (nSPS) is 14.2. The predicted molar refractivity (Wildman–Crippen MR) is 101 cm³/mol. The lowest BCUT2D eigenvalue weighted by atomic mass is 9.98. The monoisotopic (exact) mass is 383 g/mol. The smallest absolute Gasteiger partial charge is 0.254 e. The van der Waals surface area contributed by atoms with Gasteiger partial charge < -0.3 is 15.1 Å². The lowest BCUT2D eigenvalue weighted by Crippen LogP contribution is -2.51. The van der Waals surface area contributed by atoms with Gasteiger partial charge in [0.2, 0.25) is 5.89 Å². The number of likely N-dealkylation sites (tertiary alicyclic amines) is 1. The quantitative estimate of drug-likeness (QED) is 0.746. The van der Waals surface area contributed by atoms with Gasteiger partial charge in [-0.2, -0.15) is 0 Å². The molecular weight excluding hydrogens is 364 g/mol. The molecule has 144 valence electrons. The summed E-state index contributed by atoms with van der Waals surface area (Å²) in [5, 5.41) is 0. The fraction of sp³-hybridized carbons (Fsp3) is 0.238. The van der Waals surface area contributed by atoms with Crippen molar-refractivity contribution in [3.8, 4) is 22.6 Å². The van der Waals surface area contributed by atoms with Crippen molar-refractivity contribution in [3.05, 3.63) is 65.3 Å². The summed E-state index contributed by atoms with van der Waals surface area (Å²) in [6.45, 7) is 2.28. The van der Waals surface area contributed by atoms with E-state index in [1.165, 1.54) is 11.0 Å². The average Bonchev–Trinajstić information content (AvgIpc) is 3.13. The molecule has 0 radical (unpaired) electrons. The van der Waals surface area contributed by atoms with Gasteiger partial charge in [-0.05, 0) is 36.2 Å². The first kappa shape index (κ1) is 18.3. The number of rotatable bonds is 4. The molecule has 2 N–H and O–H groups in total. The molecule has 0 spiro atoms. The molecular formula is C21H19F2N3O2. The second-order valence-corrected chi connectivity index (χ2v) is 6.87. The Morgan fingerprint density at radius 3 is 2.61 bits per heavy atom. The average molecular weight is 383 g/mol. The van der Waals surface area contributed by atoms with E-state index in [2.05, 4.69) is 4.98 Å². The zero-order valence-corrected chi connectivity index (χ0v) is 15.3. The van der Waals surface area contributed by atoms with E-state index in [9.17, 15) is 13.6 Å². The molecule has 28 heavy (non-hydrogen) atoms. The van der Waals surface area contributed by atoms with Gasteiger partial charge in [0.05, 0.1) is 25.8 Å². The van der Waals surface area contributed by atoms with Gasteiger partial charge in [0, 0.05) is 16.7 Å². The third kappa shape index (κ3) is 3.29. The van der Waals surface area contributed by atoms with Crippen LogP contribution in [-0.2, 0) is 6.54 Å². The molecule has 1 fully saturated rings. The third-order valence-corrected chi connectivity index (χ3v) is 4.86. The summed E-state index contributed by atoms with van der Waals surface area (Å²) < 4.78 is 33.2. The summed E-state index contributed by atoms with van der Waals surface area (Å²) in [6, 6.07) is 9.77. The van der Waals surface area contributed by atoms with Crippen molar-refractivity contribution in [2.45, 2.75) is 19.6 Å². The Kier molecular flexibility index (Phi) is 4.68. The summed E-state index contributed by atoms with van der Waals surface area (Å²) in [7, 11) is 0. The molecule has 0 aliphatic carbocycles. The Bertz CT molecular complexity index is 1040. The third-order valence-electron chi connectivity index (χ3n) is 4.86. The minimum absolute atomic E-state index is 0.0650. The molecule has 2 aromatic carbocycles. The van der Waals surface area contributed by atoms with Crippen molar-refractivity contribution in [2.75, 3.05) is 13.1 Å². The lowest BCUT2D eigenvalue weighted by Gasteiger charge is -2.34. The Balaban J connectivity index is 1.60. The minimum atomic E-state index is -0.987. The van der Waals surface area contributed by atoms with Crippen LogP contribution < -0.4 is 5.73 Å². The van der Waals surface area contributed by atoms with Crippen LogP contribution in [0.15, 0.2) is 47.0 Å². The van der Waals surface area contributed by atoms with Crippen LogP contribution in [0, 0.1) is 12.7 Å². The second kappa shape index (κ2) is 7.16. The number of nitrogens with two attached hydrogens (primary N) is 1. The molecule has 2 heterocycles. The zero-order valence-electron chi connectivity index (χ0n) is 15.3. The van der Waals surface area contributed by atoms with E-state index in [-0.39, 0.29) is 31.1 Å². The predicted octanol–water partition coefficient (Wildman–Crippen LogP) is 3.71. The van der Waals surface area contributed by atoms with Crippen LogP contribution >= 0.6 is 0 Å². The molecule has 1 amide bonds. The van der Waals surface area contributed by atoms with Crippen LogP contribution in [0.2, 0.25) is 0 Å². The maximum Gasteiger partial charge on any atom is 0.254 e. The van der Waals surface area contributed by atoms with Crippen molar-refractivity contribution < 1.29 is 18.0 Å². The highest BCUT2D eigenvalue weighted by Gasteiger charge is 2.31. The van der Waals surface area contributed by atoms with Gasteiger partial charge in [-0.1, -0.05) is 18.2 Å². The number of aromatic nitrogens is 1. The zero-order chi connectivity index (χ0) is 19.8. The first-order valence-corrected chi connectivity index (χ1v) is 8.95. The minimum Gasteiger partial charge on any atom is -0.440 e. The van der Waals surface area contributed by atoms with Crippen LogP contribution in [0.25, 0.3) is 22.6 Å². The van der Waals surface area contributed by atoms with E-state index in [4.69, 9.17) is 10.2 Å². The van der Waals surface area contributed by atoms with Crippen LogP contribution in [0.1, 0.15) is 21.7 Å². The van der Waals surface area contributed by atoms with Gasteiger partial charge in [-0.25, -0.2) is 13.8 Å². The van der Waals surface area contributed by atoms with Gasteiger partial charge in [0.15, 0.2) is 0 Å². The molecule has 0 atom stereocenters. The first-order chi connectivity index (χ1) is 13.5. The fourth-order valence-corrected chi connectivity index (χ4v) is 3.25. The molecule has 0 bridgehead atoms. The van der Waals surface area contributed by atoms with Crippen molar-refractivity contribution >= 4 is 5.91 Å². The first-order valence-electron chi connectivity index (χ1n) is 8.95. The van der Waals surface area contributed by atoms with E-state index >= 15 is 0 Å². The molecule has 0 saturated carbocycles. The number of oxazole rings is 1. The number of amides is 1. The standard InChI is InChI=1S/C21H19F2N3O2/c1-12-6-13(2-4-17(12)20-25-9-16(8-24)28-20)18-5-3-14(7-19(18)23)21(27)26-10-15(22)11-26/h2-7,9,15H,8,10-11,24H2,1H3.